The maximum atomic E-state index is 11.4. The van der Waals surface area contributed by atoms with Gasteiger partial charge in [0.25, 0.3) is 0 Å². The lowest BCUT2D eigenvalue weighted by Crippen LogP contribution is -2.13. The second-order valence-electron chi connectivity index (χ2n) is 4.12. The molecule has 0 atom stereocenters. The van der Waals surface area contributed by atoms with E-state index in [0.717, 1.165) is 17.8 Å². The summed E-state index contributed by atoms with van der Waals surface area (Å²) in [5.41, 5.74) is 9.00. The minimum atomic E-state index is -0.121. The lowest BCUT2D eigenvalue weighted by molar-refractivity contribution is 0.974. The topological polar surface area (TPSA) is 48.0 Å². The first-order valence-electron chi connectivity index (χ1n) is 5.70. The Morgan fingerprint density at radius 2 is 1.88 bits per heavy atom. The highest BCUT2D eigenvalue weighted by Crippen LogP contribution is 2.13. The van der Waals surface area contributed by atoms with E-state index in [1.165, 1.54) is 5.56 Å². The van der Waals surface area contributed by atoms with Gasteiger partial charge in [-0.3, -0.25) is 4.79 Å². The Hall–Kier alpha value is -2.03. The lowest BCUT2D eigenvalue weighted by Gasteiger charge is -2.11. The van der Waals surface area contributed by atoms with Crippen LogP contribution < -0.4 is 11.2 Å². The van der Waals surface area contributed by atoms with Crippen LogP contribution in [0.4, 0.5) is 5.69 Å². The Labute approximate surface area is 101 Å². The highest BCUT2D eigenvalue weighted by molar-refractivity contribution is 5.43. The summed E-state index contributed by atoms with van der Waals surface area (Å²) in [6.45, 7) is 4.02. The van der Waals surface area contributed by atoms with Crippen molar-refractivity contribution in [3.05, 3.63) is 58.0 Å². The molecule has 0 aliphatic carbocycles. The van der Waals surface area contributed by atoms with Crippen molar-refractivity contribution in [2.75, 3.05) is 5.73 Å². The zero-order chi connectivity index (χ0) is 12.4. The molecule has 0 fully saturated rings. The maximum absolute atomic E-state index is 11.4. The first-order valence-corrected chi connectivity index (χ1v) is 5.70. The Balaban J connectivity index is 2.52. The van der Waals surface area contributed by atoms with E-state index in [1.54, 1.807) is 12.3 Å². The van der Waals surface area contributed by atoms with E-state index in [0.29, 0.717) is 0 Å². The summed E-state index contributed by atoms with van der Waals surface area (Å²) in [6.07, 6.45) is 2.70. The molecule has 2 aromatic rings. The van der Waals surface area contributed by atoms with E-state index in [-0.39, 0.29) is 11.1 Å². The molecule has 1 heterocycles. The number of anilines is 1. The number of pyridine rings is 1. The number of nitrogens with two attached hydrogens (primary N) is 1. The normalized spacial score (nSPS) is 10.5. The monoisotopic (exact) mass is 228 g/mol. The van der Waals surface area contributed by atoms with Crippen LogP contribution in [0.1, 0.15) is 18.2 Å². The fourth-order valence-corrected chi connectivity index (χ4v) is 1.82. The van der Waals surface area contributed by atoms with Crippen molar-refractivity contribution in [3.8, 4) is 5.69 Å². The summed E-state index contributed by atoms with van der Waals surface area (Å²) in [5, 5.41) is 0. The molecule has 3 heteroatoms. The molecule has 0 radical (unpaired) electrons. The molecular formula is C14H16N2O. The lowest BCUT2D eigenvalue weighted by atomic mass is 10.1. The number of hydrogen-bond donors (Lipinski definition) is 1. The molecule has 88 valence electrons. The number of rotatable bonds is 2. The van der Waals surface area contributed by atoms with Crippen molar-refractivity contribution in [3.63, 3.8) is 0 Å². The number of benzene rings is 1. The molecule has 3 nitrogen and oxygen atoms in total. The summed E-state index contributed by atoms with van der Waals surface area (Å²) in [4.78, 5) is 11.4. The number of nitrogens with zero attached hydrogens (tertiary/aromatic N) is 1. The Bertz CT molecular complexity index is 582. The molecule has 0 unspecified atom stereocenters. The third-order valence-corrected chi connectivity index (χ3v) is 2.90. The van der Waals surface area contributed by atoms with Crippen molar-refractivity contribution < 1.29 is 0 Å². The van der Waals surface area contributed by atoms with Crippen LogP contribution in [-0.2, 0) is 6.42 Å². The molecule has 0 saturated heterocycles. The van der Waals surface area contributed by atoms with E-state index in [9.17, 15) is 4.79 Å². The fourth-order valence-electron chi connectivity index (χ4n) is 1.82. The van der Waals surface area contributed by atoms with Crippen LogP contribution in [0.15, 0.2) is 41.3 Å². The molecule has 2 rings (SSSR count). The third kappa shape index (κ3) is 2.23. The number of hydrogen-bond acceptors (Lipinski definition) is 2. The summed E-state index contributed by atoms with van der Waals surface area (Å²) in [5.74, 6) is 0. The smallest absolute Gasteiger partial charge is 0.204 e. The van der Waals surface area contributed by atoms with Gasteiger partial charge < -0.3 is 10.3 Å². The molecular weight excluding hydrogens is 212 g/mol. The SMILES string of the molecule is CCc1ccc(-n2cc(N)c(=O)cc2C)cc1. The van der Waals surface area contributed by atoms with E-state index in [1.807, 2.05) is 23.6 Å². The molecule has 0 spiro atoms. The zero-order valence-corrected chi connectivity index (χ0v) is 10.1. The number of nitrogen functional groups attached to an aromatic ring is 1. The van der Waals surface area contributed by atoms with E-state index < -0.39 is 0 Å². The predicted molar refractivity (Wildman–Crippen MR) is 70.6 cm³/mol. The molecule has 0 bridgehead atoms. The van der Waals surface area contributed by atoms with E-state index in [4.69, 9.17) is 5.73 Å². The van der Waals surface area contributed by atoms with Gasteiger partial charge in [-0.1, -0.05) is 19.1 Å². The molecule has 0 amide bonds. The molecule has 2 N–H and O–H groups in total. The molecule has 17 heavy (non-hydrogen) atoms. The van der Waals surface area contributed by atoms with Crippen LogP contribution in [0.2, 0.25) is 0 Å². The van der Waals surface area contributed by atoms with Crippen molar-refractivity contribution in [2.45, 2.75) is 20.3 Å². The fraction of sp³-hybridized carbons (Fsp3) is 0.214. The molecule has 1 aromatic carbocycles. The van der Waals surface area contributed by atoms with Crippen LogP contribution in [0.5, 0.6) is 0 Å². The summed E-state index contributed by atoms with van der Waals surface area (Å²) in [7, 11) is 0. The van der Waals surface area contributed by atoms with Crippen molar-refractivity contribution in [2.24, 2.45) is 0 Å². The summed E-state index contributed by atoms with van der Waals surface area (Å²) >= 11 is 0. The Kier molecular flexibility index (Phi) is 3.00. The minimum absolute atomic E-state index is 0.121. The van der Waals surface area contributed by atoms with Gasteiger partial charge in [0.2, 0.25) is 5.43 Å². The predicted octanol–water partition coefficient (Wildman–Crippen LogP) is 2.29. The third-order valence-electron chi connectivity index (χ3n) is 2.90. The summed E-state index contributed by atoms with van der Waals surface area (Å²) in [6, 6.07) is 9.81. The van der Waals surface area contributed by atoms with Gasteiger partial charge in [-0.2, -0.15) is 0 Å². The summed E-state index contributed by atoms with van der Waals surface area (Å²) < 4.78 is 1.93. The number of aromatic nitrogens is 1. The van der Waals surface area contributed by atoms with Gasteiger partial charge in [0.1, 0.15) is 0 Å². The van der Waals surface area contributed by atoms with Gasteiger partial charge in [-0.15, -0.1) is 0 Å². The maximum Gasteiger partial charge on any atom is 0.204 e. The van der Waals surface area contributed by atoms with Gasteiger partial charge in [0, 0.05) is 23.6 Å². The van der Waals surface area contributed by atoms with Gasteiger partial charge in [-0.25, -0.2) is 0 Å². The van der Waals surface area contributed by atoms with Crippen molar-refractivity contribution in [1.29, 1.82) is 0 Å². The van der Waals surface area contributed by atoms with Crippen LogP contribution in [0.25, 0.3) is 5.69 Å². The van der Waals surface area contributed by atoms with Crippen molar-refractivity contribution in [1.82, 2.24) is 4.57 Å². The molecule has 0 aliphatic heterocycles. The van der Waals surface area contributed by atoms with E-state index >= 15 is 0 Å². The minimum Gasteiger partial charge on any atom is -0.394 e. The van der Waals surface area contributed by atoms with Gasteiger partial charge in [0.05, 0.1) is 5.69 Å². The first kappa shape index (κ1) is 11.5. The second kappa shape index (κ2) is 4.45. The van der Waals surface area contributed by atoms with Gasteiger partial charge >= 0.3 is 0 Å². The Morgan fingerprint density at radius 3 is 2.47 bits per heavy atom. The van der Waals surface area contributed by atoms with Gasteiger partial charge in [-0.05, 0) is 31.0 Å². The van der Waals surface area contributed by atoms with Crippen molar-refractivity contribution >= 4 is 5.69 Å². The second-order valence-corrected chi connectivity index (χ2v) is 4.12. The molecule has 0 saturated carbocycles. The average molecular weight is 228 g/mol. The quantitative estimate of drug-likeness (QED) is 0.857. The Morgan fingerprint density at radius 1 is 1.24 bits per heavy atom. The highest BCUT2D eigenvalue weighted by Gasteiger charge is 2.02. The number of aryl methyl sites for hydroxylation is 2. The van der Waals surface area contributed by atoms with E-state index in [2.05, 4.69) is 19.1 Å². The van der Waals surface area contributed by atoms with Crippen LogP contribution in [0, 0.1) is 6.92 Å². The zero-order valence-electron chi connectivity index (χ0n) is 10.1. The molecule has 1 aromatic heterocycles. The standard InChI is InChI=1S/C14H16N2O/c1-3-11-4-6-12(7-5-11)16-9-13(15)14(17)8-10(16)2/h4-9H,3,15H2,1-2H3. The van der Waals surface area contributed by atoms with Crippen LogP contribution in [-0.4, -0.2) is 4.57 Å². The first-order chi connectivity index (χ1) is 8.11. The largest absolute Gasteiger partial charge is 0.394 e. The molecule has 0 aliphatic rings. The average Bonchev–Trinajstić information content (AvgIpc) is 2.34. The van der Waals surface area contributed by atoms with Crippen LogP contribution in [0.3, 0.4) is 0 Å². The van der Waals surface area contributed by atoms with Gasteiger partial charge in [0.15, 0.2) is 0 Å². The van der Waals surface area contributed by atoms with Crippen LogP contribution >= 0.6 is 0 Å². The highest BCUT2D eigenvalue weighted by atomic mass is 16.1.